The first-order valence-electron chi connectivity index (χ1n) is 4.11. The number of hydrogen-bond donors (Lipinski definition) is 0. The molecule has 0 N–H and O–H groups in total. The van der Waals surface area contributed by atoms with Crippen molar-refractivity contribution in [2.45, 2.75) is 25.7 Å². The summed E-state index contributed by atoms with van der Waals surface area (Å²) in [5.74, 6) is 1.15. The number of nitrogens with zero attached hydrogens (tertiary/aromatic N) is 1. The Kier molecular flexibility index (Phi) is 3.15. The normalized spacial score (nSPS) is 11.6. The van der Waals surface area contributed by atoms with E-state index in [2.05, 4.69) is 37.9 Å². The van der Waals surface area contributed by atoms with E-state index in [-0.39, 0.29) is 0 Å². The van der Waals surface area contributed by atoms with E-state index in [9.17, 15) is 0 Å². The summed E-state index contributed by atoms with van der Waals surface area (Å²) in [5, 5.41) is 0. The Balaban J connectivity index is 2.44. The topological polar surface area (TPSA) is 12.9 Å². The molecule has 0 radical (unpaired) electrons. The standard InChI is InChI=1S/C10H15NS/c1-10(2,3)8-12-9-4-6-11-7-5-9/h4-7H,8H2,1-3H3. The second kappa shape index (κ2) is 3.94. The summed E-state index contributed by atoms with van der Waals surface area (Å²) in [5.41, 5.74) is 0.397. The molecule has 0 unspecified atom stereocenters. The van der Waals surface area contributed by atoms with Crippen LogP contribution in [-0.4, -0.2) is 10.7 Å². The molecule has 0 saturated carbocycles. The molecule has 0 amide bonds. The van der Waals surface area contributed by atoms with E-state index >= 15 is 0 Å². The number of rotatable bonds is 2. The Labute approximate surface area is 78.6 Å². The van der Waals surface area contributed by atoms with E-state index in [0.717, 1.165) is 5.75 Å². The molecule has 1 rings (SSSR count). The van der Waals surface area contributed by atoms with Crippen LogP contribution in [0.5, 0.6) is 0 Å². The van der Waals surface area contributed by atoms with Gasteiger partial charge in [0.15, 0.2) is 0 Å². The average Bonchev–Trinajstić information content (AvgIpc) is 2.02. The molecule has 12 heavy (non-hydrogen) atoms. The fourth-order valence-corrected chi connectivity index (χ4v) is 1.65. The van der Waals surface area contributed by atoms with Crippen LogP contribution < -0.4 is 0 Å². The van der Waals surface area contributed by atoms with Gasteiger partial charge in [0.1, 0.15) is 0 Å². The summed E-state index contributed by atoms with van der Waals surface area (Å²) < 4.78 is 0. The van der Waals surface area contributed by atoms with Gasteiger partial charge in [-0.2, -0.15) is 0 Å². The molecule has 1 aromatic heterocycles. The smallest absolute Gasteiger partial charge is 0.0278 e. The predicted molar refractivity (Wildman–Crippen MR) is 54.4 cm³/mol. The Morgan fingerprint density at radius 3 is 2.33 bits per heavy atom. The maximum Gasteiger partial charge on any atom is 0.0278 e. The van der Waals surface area contributed by atoms with Crippen molar-refractivity contribution >= 4 is 11.8 Å². The van der Waals surface area contributed by atoms with Gasteiger partial charge >= 0.3 is 0 Å². The maximum absolute atomic E-state index is 3.98. The van der Waals surface area contributed by atoms with Crippen molar-refractivity contribution < 1.29 is 0 Å². The molecule has 0 aromatic carbocycles. The lowest BCUT2D eigenvalue weighted by Crippen LogP contribution is -2.07. The third-order valence-corrected chi connectivity index (χ3v) is 2.94. The van der Waals surface area contributed by atoms with Gasteiger partial charge < -0.3 is 0 Å². The van der Waals surface area contributed by atoms with Gasteiger partial charge in [0.05, 0.1) is 0 Å². The average molecular weight is 181 g/mol. The van der Waals surface area contributed by atoms with Crippen molar-refractivity contribution in [2.75, 3.05) is 5.75 Å². The molecule has 1 nitrogen and oxygen atoms in total. The fourth-order valence-electron chi connectivity index (χ4n) is 0.734. The van der Waals surface area contributed by atoms with Gasteiger partial charge in [0.2, 0.25) is 0 Å². The zero-order chi connectivity index (χ0) is 9.03. The molecular weight excluding hydrogens is 166 g/mol. The van der Waals surface area contributed by atoms with E-state index in [1.807, 2.05) is 24.2 Å². The lowest BCUT2D eigenvalue weighted by atomic mass is 10.0. The summed E-state index contributed by atoms with van der Waals surface area (Å²) in [4.78, 5) is 5.28. The van der Waals surface area contributed by atoms with Gasteiger partial charge in [-0.15, -0.1) is 11.8 Å². The Morgan fingerprint density at radius 1 is 1.25 bits per heavy atom. The summed E-state index contributed by atoms with van der Waals surface area (Å²) in [6.07, 6.45) is 3.68. The number of aromatic nitrogens is 1. The van der Waals surface area contributed by atoms with E-state index < -0.39 is 0 Å². The fraction of sp³-hybridized carbons (Fsp3) is 0.500. The van der Waals surface area contributed by atoms with Gasteiger partial charge in [-0.05, 0) is 17.5 Å². The van der Waals surface area contributed by atoms with Crippen LogP contribution in [0.25, 0.3) is 0 Å². The van der Waals surface area contributed by atoms with Crippen LogP contribution in [0.4, 0.5) is 0 Å². The lowest BCUT2D eigenvalue weighted by molar-refractivity contribution is 0.481. The van der Waals surface area contributed by atoms with E-state index in [0.29, 0.717) is 5.41 Å². The summed E-state index contributed by atoms with van der Waals surface area (Å²) in [7, 11) is 0. The molecule has 1 aromatic rings. The number of hydrogen-bond acceptors (Lipinski definition) is 2. The molecule has 0 saturated heterocycles. The van der Waals surface area contributed by atoms with Gasteiger partial charge in [0, 0.05) is 23.0 Å². The summed E-state index contributed by atoms with van der Waals surface area (Å²) in [6.45, 7) is 6.75. The minimum absolute atomic E-state index is 0.397. The molecule has 66 valence electrons. The first-order valence-corrected chi connectivity index (χ1v) is 5.09. The minimum Gasteiger partial charge on any atom is -0.265 e. The zero-order valence-electron chi connectivity index (χ0n) is 7.87. The van der Waals surface area contributed by atoms with Crippen LogP contribution in [0.15, 0.2) is 29.4 Å². The van der Waals surface area contributed by atoms with Gasteiger partial charge in [0.25, 0.3) is 0 Å². The van der Waals surface area contributed by atoms with Gasteiger partial charge in [-0.25, -0.2) is 0 Å². The van der Waals surface area contributed by atoms with Crippen LogP contribution in [0.1, 0.15) is 20.8 Å². The monoisotopic (exact) mass is 181 g/mol. The van der Waals surface area contributed by atoms with Crippen LogP contribution in [0, 0.1) is 5.41 Å². The molecule has 1 heterocycles. The minimum atomic E-state index is 0.397. The Hall–Kier alpha value is -0.500. The highest BCUT2D eigenvalue weighted by Gasteiger charge is 2.09. The third kappa shape index (κ3) is 3.77. The van der Waals surface area contributed by atoms with E-state index in [4.69, 9.17) is 0 Å². The zero-order valence-corrected chi connectivity index (χ0v) is 8.69. The van der Waals surface area contributed by atoms with Crippen molar-refractivity contribution in [3.63, 3.8) is 0 Å². The third-order valence-electron chi connectivity index (χ3n) is 1.32. The van der Waals surface area contributed by atoms with Crippen molar-refractivity contribution in [1.82, 2.24) is 4.98 Å². The second-order valence-corrected chi connectivity index (χ2v) is 5.08. The lowest BCUT2D eigenvalue weighted by Gasteiger charge is -2.16. The van der Waals surface area contributed by atoms with Gasteiger partial charge in [-0.1, -0.05) is 20.8 Å². The molecule has 0 spiro atoms. The maximum atomic E-state index is 3.98. The number of pyridine rings is 1. The van der Waals surface area contributed by atoms with Crippen molar-refractivity contribution in [1.29, 1.82) is 0 Å². The van der Waals surface area contributed by atoms with Crippen molar-refractivity contribution in [2.24, 2.45) is 5.41 Å². The summed E-state index contributed by atoms with van der Waals surface area (Å²) in [6, 6.07) is 4.10. The Morgan fingerprint density at radius 2 is 1.83 bits per heavy atom. The largest absolute Gasteiger partial charge is 0.265 e. The van der Waals surface area contributed by atoms with Crippen LogP contribution in [0.3, 0.4) is 0 Å². The van der Waals surface area contributed by atoms with E-state index in [1.165, 1.54) is 4.90 Å². The predicted octanol–water partition coefficient (Wildman–Crippen LogP) is 3.22. The quantitative estimate of drug-likeness (QED) is 0.650. The Bertz CT molecular complexity index is 225. The molecule has 0 atom stereocenters. The van der Waals surface area contributed by atoms with Crippen LogP contribution in [0.2, 0.25) is 0 Å². The summed E-state index contributed by atoms with van der Waals surface area (Å²) >= 11 is 1.89. The molecule has 0 aliphatic rings. The molecule has 0 aliphatic carbocycles. The highest BCUT2D eigenvalue weighted by Crippen LogP contribution is 2.26. The molecule has 0 fully saturated rings. The second-order valence-electron chi connectivity index (χ2n) is 4.03. The number of thioether (sulfide) groups is 1. The van der Waals surface area contributed by atoms with Crippen LogP contribution >= 0.6 is 11.8 Å². The molecule has 2 heteroatoms. The molecular formula is C10H15NS. The SMILES string of the molecule is CC(C)(C)CSc1ccncc1. The van der Waals surface area contributed by atoms with Gasteiger partial charge in [-0.3, -0.25) is 4.98 Å². The molecule has 0 bridgehead atoms. The highest BCUT2D eigenvalue weighted by atomic mass is 32.2. The van der Waals surface area contributed by atoms with E-state index in [1.54, 1.807) is 0 Å². The van der Waals surface area contributed by atoms with Crippen molar-refractivity contribution in [3.05, 3.63) is 24.5 Å². The first-order chi connectivity index (χ1) is 5.58. The van der Waals surface area contributed by atoms with Crippen molar-refractivity contribution in [3.8, 4) is 0 Å². The van der Waals surface area contributed by atoms with Crippen LogP contribution in [-0.2, 0) is 0 Å². The highest BCUT2D eigenvalue weighted by molar-refractivity contribution is 7.99. The molecule has 0 aliphatic heterocycles. The first kappa shape index (κ1) is 9.59.